The lowest BCUT2D eigenvalue weighted by Crippen LogP contribution is -2.27. The summed E-state index contributed by atoms with van der Waals surface area (Å²) in [6.45, 7) is 3.38. The lowest BCUT2D eigenvalue weighted by Gasteiger charge is -2.16. The molecule has 1 rings (SSSR count). The molecule has 1 amide bonds. The molecular weight excluding hydrogens is 290 g/mol. The van der Waals surface area contributed by atoms with Crippen molar-refractivity contribution in [1.29, 1.82) is 0 Å². The largest absolute Gasteiger partial charge is 0.466 e. The van der Waals surface area contributed by atoms with E-state index in [9.17, 15) is 19.3 Å². The molecule has 0 saturated carbocycles. The average molecular weight is 307 g/mol. The van der Waals surface area contributed by atoms with Gasteiger partial charge in [0, 0.05) is 5.18 Å². The van der Waals surface area contributed by atoms with Crippen molar-refractivity contribution in [3.8, 4) is 0 Å². The Labute approximate surface area is 127 Å². The van der Waals surface area contributed by atoms with Crippen molar-refractivity contribution in [2.24, 2.45) is 5.18 Å². The Morgan fingerprint density at radius 2 is 1.82 bits per heavy atom. The molecule has 118 valence electrons. The summed E-state index contributed by atoms with van der Waals surface area (Å²) in [5.41, 5.74) is 0.306. The second-order valence-corrected chi connectivity index (χ2v) is 4.53. The number of esters is 2. The lowest BCUT2D eigenvalue weighted by molar-refractivity contribution is -0.156. The minimum Gasteiger partial charge on any atom is -0.466 e. The fraction of sp³-hybridized carbons (Fsp3) is 0.400. The maximum Gasteiger partial charge on any atom is 0.323 e. The standard InChI is InChI=1S/C15H17NO6/c1-3-21-12(17)9-10(2)22-15(19)13(14(18)16-20)11-7-5-4-6-8-11/h4-8,10,13H,3,9H2,1-2H3/t10-,13?/m1/s1. The van der Waals surface area contributed by atoms with Gasteiger partial charge in [-0.3, -0.25) is 14.4 Å². The van der Waals surface area contributed by atoms with Crippen molar-refractivity contribution in [2.45, 2.75) is 32.3 Å². The van der Waals surface area contributed by atoms with Crippen LogP contribution in [0.4, 0.5) is 0 Å². The Morgan fingerprint density at radius 1 is 1.18 bits per heavy atom. The maximum absolute atomic E-state index is 12.1. The Balaban J connectivity index is 2.79. The molecule has 7 heteroatoms. The van der Waals surface area contributed by atoms with Crippen LogP contribution in [0.2, 0.25) is 0 Å². The van der Waals surface area contributed by atoms with E-state index >= 15 is 0 Å². The summed E-state index contributed by atoms with van der Waals surface area (Å²) in [6.07, 6.45) is -0.915. The highest BCUT2D eigenvalue weighted by Crippen LogP contribution is 2.20. The number of nitrogens with zero attached hydrogens (tertiary/aromatic N) is 1. The predicted molar refractivity (Wildman–Crippen MR) is 76.8 cm³/mol. The number of ether oxygens (including phenoxy) is 2. The van der Waals surface area contributed by atoms with Gasteiger partial charge in [-0.15, -0.1) is 4.91 Å². The van der Waals surface area contributed by atoms with E-state index in [-0.39, 0.29) is 13.0 Å². The van der Waals surface area contributed by atoms with E-state index in [1.165, 1.54) is 19.1 Å². The van der Waals surface area contributed by atoms with Crippen molar-refractivity contribution >= 4 is 17.8 Å². The van der Waals surface area contributed by atoms with Crippen LogP contribution in [0.1, 0.15) is 31.7 Å². The molecule has 0 aliphatic carbocycles. The van der Waals surface area contributed by atoms with Gasteiger partial charge in [-0.1, -0.05) is 30.3 Å². The molecule has 22 heavy (non-hydrogen) atoms. The number of carbonyl (C=O) groups excluding carboxylic acids is 3. The van der Waals surface area contributed by atoms with Gasteiger partial charge in [0.25, 0.3) is 0 Å². The molecule has 1 aromatic rings. The Hall–Kier alpha value is -2.57. The van der Waals surface area contributed by atoms with Crippen LogP contribution in [0.15, 0.2) is 35.5 Å². The molecule has 0 aliphatic heterocycles. The smallest absolute Gasteiger partial charge is 0.323 e. The van der Waals surface area contributed by atoms with Crippen LogP contribution < -0.4 is 0 Å². The summed E-state index contributed by atoms with van der Waals surface area (Å²) < 4.78 is 9.79. The second kappa shape index (κ2) is 8.66. The Kier molecular flexibility index (Phi) is 6.88. The van der Waals surface area contributed by atoms with Crippen LogP contribution in [-0.2, 0) is 23.9 Å². The van der Waals surface area contributed by atoms with Gasteiger partial charge in [0.2, 0.25) is 0 Å². The molecule has 1 unspecified atom stereocenters. The molecule has 0 bridgehead atoms. The van der Waals surface area contributed by atoms with Crippen LogP contribution in [0.5, 0.6) is 0 Å². The molecule has 2 atom stereocenters. The van der Waals surface area contributed by atoms with Crippen LogP contribution in [0, 0.1) is 4.91 Å². The lowest BCUT2D eigenvalue weighted by atomic mass is 9.98. The van der Waals surface area contributed by atoms with Gasteiger partial charge in [-0.25, -0.2) is 0 Å². The first-order valence-electron chi connectivity index (χ1n) is 6.77. The summed E-state index contributed by atoms with van der Waals surface area (Å²) in [6, 6.07) is 7.98. The summed E-state index contributed by atoms with van der Waals surface area (Å²) in [4.78, 5) is 45.5. The molecule has 0 saturated heterocycles. The molecule has 0 aliphatic rings. The molecule has 0 spiro atoms. The van der Waals surface area contributed by atoms with Crippen molar-refractivity contribution < 1.29 is 23.9 Å². The molecule has 0 radical (unpaired) electrons. The SMILES string of the molecule is CCOC(=O)C[C@@H](C)OC(=O)C(C(=O)N=O)c1ccccc1. The number of rotatable bonds is 7. The molecule has 0 aromatic heterocycles. The Morgan fingerprint density at radius 3 is 2.36 bits per heavy atom. The van der Waals surface area contributed by atoms with E-state index in [0.29, 0.717) is 5.56 Å². The fourth-order valence-electron chi connectivity index (χ4n) is 1.84. The monoisotopic (exact) mass is 307 g/mol. The topological polar surface area (TPSA) is 99.1 Å². The second-order valence-electron chi connectivity index (χ2n) is 4.53. The number of carbonyl (C=O) groups is 3. The first-order valence-corrected chi connectivity index (χ1v) is 6.77. The number of amides is 1. The van der Waals surface area contributed by atoms with Gasteiger partial charge >= 0.3 is 17.8 Å². The summed E-state index contributed by atoms with van der Waals surface area (Å²) >= 11 is 0. The van der Waals surface area contributed by atoms with E-state index in [1.807, 2.05) is 0 Å². The highest BCUT2D eigenvalue weighted by atomic mass is 16.6. The summed E-state index contributed by atoms with van der Waals surface area (Å²) in [5, 5.41) is 2.30. The van der Waals surface area contributed by atoms with Gasteiger partial charge in [-0.2, -0.15) is 0 Å². The van der Waals surface area contributed by atoms with Crippen LogP contribution in [0.3, 0.4) is 0 Å². The fourth-order valence-corrected chi connectivity index (χ4v) is 1.84. The average Bonchev–Trinajstić information content (AvgIpc) is 2.48. The predicted octanol–water partition coefficient (Wildman–Crippen LogP) is 1.95. The highest BCUT2D eigenvalue weighted by molar-refractivity contribution is 6.03. The molecule has 0 fully saturated rings. The van der Waals surface area contributed by atoms with Crippen molar-refractivity contribution in [3.63, 3.8) is 0 Å². The number of nitroso groups, excluding NO2 is 1. The van der Waals surface area contributed by atoms with Gasteiger partial charge in [0.15, 0.2) is 5.92 Å². The number of hydrogen-bond donors (Lipinski definition) is 0. The molecule has 0 N–H and O–H groups in total. The first kappa shape index (κ1) is 17.5. The van der Waals surface area contributed by atoms with Crippen molar-refractivity contribution in [3.05, 3.63) is 40.8 Å². The normalized spacial score (nSPS) is 12.8. The molecule has 1 aromatic carbocycles. The molecule has 7 nitrogen and oxygen atoms in total. The van der Waals surface area contributed by atoms with Gasteiger partial charge in [0.05, 0.1) is 13.0 Å². The van der Waals surface area contributed by atoms with E-state index in [2.05, 4.69) is 5.18 Å². The first-order chi connectivity index (χ1) is 10.5. The number of hydrogen-bond acceptors (Lipinski definition) is 6. The van der Waals surface area contributed by atoms with Gasteiger partial charge < -0.3 is 9.47 Å². The van der Waals surface area contributed by atoms with E-state index in [4.69, 9.17) is 9.47 Å². The van der Waals surface area contributed by atoms with E-state index in [1.54, 1.807) is 25.1 Å². The minimum atomic E-state index is -1.43. The molecular formula is C15H17NO6. The van der Waals surface area contributed by atoms with Crippen LogP contribution in [0.25, 0.3) is 0 Å². The van der Waals surface area contributed by atoms with Crippen molar-refractivity contribution in [2.75, 3.05) is 6.61 Å². The summed E-state index contributed by atoms with van der Waals surface area (Å²) in [7, 11) is 0. The minimum absolute atomic E-state index is 0.135. The maximum atomic E-state index is 12.1. The van der Waals surface area contributed by atoms with Crippen LogP contribution >= 0.6 is 0 Å². The number of benzene rings is 1. The van der Waals surface area contributed by atoms with Gasteiger partial charge in [0.1, 0.15) is 6.10 Å². The third-order valence-electron chi connectivity index (χ3n) is 2.78. The highest BCUT2D eigenvalue weighted by Gasteiger charge is 2.32. The molecule has 0 heterocycles. The zero-order chi connectivity index (χ0) is 16.5. The van der Waals surface area contributed by atoms with Crippen LogP contribution in [-0.4, -0.2) is 30.6 Å². The van der Waals surface area contributed by atoms with Gasteiger partial charge in [-0.05, 0) is 19.4 Å². The zero-order valence-corrected chi connectivity index (χ0v) is 12.4. The van der Waals surface area contributed by atoms with E-state index < -0.39 is 29.9 Å². The van der Waals surface area contributed by atoms with E-state index in [0.717, 1.165) is 0 Å². The third kappa shape index (κ3) is 5.08. The van der Waals surface area contributed by atoms with Crippen molar-refractivity contribution in [1.82, 2.24) is 0 Å². The third-order valence-corrected chi connectivity index (χ3v) is 2.78. The zero-order valence-electron chi connectivity index (χ0n) is 12.4. The quantitative estimate of drug-likeness (QED) is 0.433. The Bertz CT molecular complexity index is 542. The summed E-state index contributed by atoms with van der Waals surface area (Å²) in [5.74, 6) is -4.01.